The number of carbonyl (C=O) groups excluding carboxylic acids is 3. The van der Waals surface area contributed by atoms with Gasteiger partial charge < -0.3 is 24.7 Å². The molecule has 0 saturated heterocycles. The van der Waals surface area contributed by atoms with Crippen molar-refractivity contribution in [3.05, 3.63) is 108 Å². The lowest BCUT2D eigenvalue weighted by Gasteiger charge is -2.33. The Morgan fingerprint density at radius 1 is 1.16 bits per heavy atom. The summed E-state index contributed by atoms with van der Waals surface area (Å²) in [7, 11) is 0. The third kappa shape index (κ3) is 4.90. The first-order valence-corrected chi connectivity index (χ1v) is 12.3. The zero-order valence-corrected chi connectivity index (χ0v) is 20.9. The summed E-state index contributed by atoms with van der Waals surface area (Å²) in [6.45, 7) is 5.99. The van der Waals surface area contributed by atoms with Crippen LogP contribution in [0.1, 0.15) is 24.3 Å². The van der Waals surface area contributed by atoms with Crippen molar-refractivity contribution in [2.24, 2.45) is 0 Å². The van der Waals surface area contributed by atoms with Gasteiger partial charge in [0.05, 0.1) is 36.7 Å². The van der Waals surface area contributed by atoms with E-state index in [2.05, 4.69) is 17.2 Å². The number of ether oxygens (including phenoxy) is 1. The van der Waals surface area contributed by atoms with Gasteiger partial charge in [-0.3, -0.25) is 14.5 Å². The van der Waals surface area contributed by atoms with Gasteiger partial charge in [-0.05, 0) is 48.9 Å². The van der Waals surface area contributed by atoms with Crippen LogP contribution in [0.15, 0.2) is 101 Å². The standard InChI is InChI=1S/C29H28N4O5/c1-3-14-32-24-18-33(19(2)27(34)30-17-23-13-8-15-37-23)28(35)25(24)26(31-29(32)36)20-9-7-12-22(16-20)38-21-10-5-4-6-11-21/h3-13,15-16,19,26H,1,14,17-18H2,2H3,(H,30,34)(H,31,36). The van der Waals surface area contributed by atoms with Crippen molar-refractivity contribution in [1.29, 1.82) is 0 Å². The molecule has 2 unspecified atom stereocenters. The van der Waals surface area contributed by atoms with E-state index in [9.17, 15) is 14.4 Å². The molecular weight excluding hydrogens is 484 g/mol. The molecule has 5 rings (SSSR count). The Morgan fingerprint density at radius 2 is 1.95 bits per heavy atom. The lowest BCUT2D eigenvalue weighted by molar-refractivity contribution is -0.135. The van der Waals surface area contributed by atoms with E-state index >= 15 is 0 Å². The minimum absolute atomic E-state index is 0.126. The number of urea groups is 1. The Hall–Kier alpha value is -4.79. The number of hydrogen-bond donors (Lipinski definition) is 2. The molecule has 38 heavy (non-hydrogen) atoms. The Balaban J connectivity index is 1.41. The Labute approximate surface area is 220 Å². The second-order valence-corrected chi connectivity index (χ2v) is 9.04. The van der Waals surface area contributed by atoms with Crippen molar-refractivity contribution in [2.75, 3.05) is 13.1 Å². The molecule has 9 nitrogen and oxygen atoms in total. The monoisotopic (exact) mass is 512 g/mol. The van der Waals surface area contributed by atoms with Gasteiger partial charge in [0.15, 0.2) is 0 Å². The third-order valence-corrected chi connectivity index (χ3v) is 6.60. The molecule has 194 valence electrons. The number of benzene rings is 2. The molecule has 2 N–H and O–H groups in total. The normalized spacial score (nSPS) is 17.7. The zero-order chi connectivity index (χ0) is 26.6. The number of nitrogens with one attached hydrogen (secondary N) is 2. The Bertz CT molecular complexity index is 1380. The smallest absolute Gasteiger partial charge is 0.322 e. The second-order valence-electron chi connectivity index (χ2n) is 9.04. The van der Waals surface area contributed by atoms with Crippen molar-refractivity contribution in [3.63, 3.8) is 0 Å². The highest BCUT2D eigenvalue weighted by atomic mass is 16.5. The van der Waals surface area contributed by atoms with Crippen molar-refractivity contribution in [1.82, 2.24) is 20.4 Å². The predicted molar refractivity (Wildman–Crippen MR) is 140 cm³/mol. The maximum atomic E-state index is 13.8. The lowest BCUT2D eigenvalue weighted by Crippen LogP contribution is -2.47. The third-order valence-electron chi connectivity index (χ3n) is 6.60. The first-order valence-electron chi connectivity index (χ1n) is 12.3. The number of rotatable bonds is 9. The van der Waals surface area contributed by atoms with Crippen LogP contribution in [-0.2, 0) is 16.1 Å². The fourth-order valence-corrected chi connectivity index (χ4v) is 4.66. The van der Waals surface area contributed by atoms with Gasteiger partial charge in [-0.2, -0.15) is 0 Å². The Morgan fingerprint density at radius 3 is 2.68 bits per heavy atom. The maximum absolute atomic E-state index is 13.8. The number of carbonyl (C=O) groups is 3. The fourth-order valence-electron chi connectivity index (χ4n) is 4.66. The van der Waals surface area contributed by atoms with Crippen LogP contribution in [0, 0.1) is 0 Å². The molecule has 3 heterocycles. The van der Waals surface area contributed by atoms with Crippen LogP contribution in [0.4, 0.5) is 4.79 Å². The van der Waals surface area contributed by atoms with E-state index in [0.717, 1.165) is 0 Å². The maximum Gasteiger partial charge on any atom is 0.322 e. The minimum Gasteiger partial charge on any atom is -0.467 e. The molecule has 2 atom stereocenters. The zero-order valence-electron chi connectivity index (χ0n) is 20.9. The number of nitrogens with zero attached hydrogens (tertiary/aromatic N) is 2. The highest BCUT2D eigenvalue weighted by Crippen LogP contribution is 2.38. The summed E-state index contributed by atoms with van der Waals surface area (Å²) in [6, 6.07) is 18.3. The highest BCUT2D eigenvalue weighted by Gasteiger charge is 2.46. The predicted octanol–water partition coefficient (Wildman–Crippen LogP) is 4.13. The molecule has 0 radical (unpaired) electrons. The van der Waals surface area contributed by atoms with Gasteiger partial charge >= 0.3 is 6.03 Å². The molecule has 3 aromatic rings. The molecule has 0 spiro atoms. The summed E-state index contributed by atoms with van der Waals surface area (Å²) < 4.78 is 11.2. The van der Waals surface area contributed by atoms with Crippen LogP contribution >= 0.6 is 0 Å². The average Bonchev–Trinajstić information content (AvgIpc) is 3.57. The van der Waals surface area contributed by atoms with E-state index in [1.807, 2.05) is 48.5 Å². The van der Waals surface area contributed by atoms with E-state index < -0.39 is 12.1 Å². The molecule has 4 amide bonds. The minimum atomic E-state index is -0.767. The molecule has 0 bridgehead atoms. The average molecular weight is 513 g/mol. The molecule has 9 heteroatoms. The van der Waals surface area contributed by atoms with Crippen molar-refractivity contribution < 1.29 is 23.5 Å². The first-order chi connectivity index (χ1) is 18.5. The molecule has 2 aliphatic heterocycles. The highest BCUT2D eigenvalue weighted by molar-refractivity contribution is 6.03. The lowest BCUT2D eigenvalue weighted by atomic mass is 9.95. The number of furan rings is 1. The number of hydrogen-bond acceptors (Lipinski definition) is 5. The van der Waals surface area contributed by atoms with E-state index in [4.69, 9.17) is 9.15 Å². The number of amides is 4. The van der Waals surface area contributed by atoms with Gasteiger partial charge in [0.2, 0.25) is 5.91 Å². The summed E-state index contributed by atoms with van der Waals surface area (Å²) >= 11 is 0. The SMILES string of the molecule is C=CCN1C(=O)NC(c2cccc(Oc3ccccc3)c2)C2=C1CN(C(C)C(=O)NCc1ccco1)C2=O. The van der Waals surface area contributed by atoms with E-state index in [1.54, 1.807) is 31.2 Å². The van der Waals surface area contributed by atoms with Crippen LogP contribution in [0.25, 0.3) is 0 Å². The van der Waals surface area contributed by atoms with Crippen molar-refractivity contribution >= 4 is 17.8 Å². The second kappa shape index (κ2) is 10.7. The van der Waals surface area contributed by atoms with Crippen LogP contribution in [-0.4, -0.2) is 46.8 Å². The number of para-hydroxylation sites is 1. The summed E-state index contributed by atoms with van der Waals surface area (Å²) in [5.74, 6) is 1.23. The summed E-state index contributed by atoms with van der Waals surface area (Å²) in [5.41, 5.74) is 1.68. The van der Waals surface area contributed by atoms with Crippen LogP contribution in [0.3, 0.4) is 0 Å². The summed E-state index contributed by atoms with van der Waals surface area (Å²) in [6.07, 6.45) is 3.14. The molecule has 0 aliphatic carbocycles. The molecule has 0 saturated carbocycles. The van der Waals surface area contributed by atoms with E-state index in [0.29, 0.717) is 34.1 Å². The van der Waals surface area contributed by atoms with Crippen molar-refractivity contribution in [2.45, 2.75) is 25.6 Å². The van der Waals surface area contributed by atoms with Crippen molar-refractivity contribution in [3.8, 4) is 11.5 Å². The van der Waals surface area contributed by atoms with Gasteiger partial charge in [0, 0.05) is 6.54 Å². The largest absolute Gasteiger partial charge is 0.467 e. The molecular formula is C29H28N4O5. The molecule has 1 aromatic heterocycles. The van der Waals surface area contributed by atoms with Gasteiger partial charge in [-0.1, -0.05) is 36.4 Å². The van der Waals surface area contributed by atoms with Crippen LogP contribution in [0.5, 0.6) is 11.5 Å². The van der Waals surface area contributed by atoms with Crippen LogP contribution < -0.4 is 15.4 Å². The molecule has 2 aliphatic rings. The summed E-state index contributed by atoms with van der Waals surface area (Å²) in [4.78, 5) is 42.8. The topological polar surface area (TPSA) is 104 Å². The molecule has 0 fully saturated rings. The van der Waals surface area contributed by atoms with Gasteiger partial charge in [-0.25, -0.2) is 4.79 Å². The molecule has 2 aromatic carbocycles. The van der Waals surface area contributed by atoms with Gasteiger partial charge in [-0.15, -0.1) is 6.58 Å². The quantitative estimate of drug-likeness (QED) is 0.420. The van der Waals surface area contributed by atoms with E-state index in [1.165, 1.54) is 16.1 Å². The first kappa shape index (κ1) is 24.9. The summed E-state index contributed by atoms with van der Waals surface area (Å²) in [5, 5.41) is 5.77. The Kier molecular flexibility index (Phi) is 6.99. The van der Waals surface area contributed by atoms with Crippen LogP contribution in [0.2, 0.25) is 0 Å². The van der Waals surface area contributed by atoms with Gasteiger partial charge in [0.25, 0.3) is 5.91 Å². The van der Waals surface area contributed by atoms with Gasteiger partial charge in [0.1, 0.15) is 23.3 Å². The van der Waals surface area contributed by atoms with E-state index in [-0.39, 0.29) is 37.5 Å². The fraction of sp³-hybridized carbons (Fsp3) is 0.207.